The van der Waals surface area contributed by atoms with Crippen LogP contribution in [0.3, 0.4) is 0 Å². The van der Waals surface area contributed by atoms with Crippen LogP contribution in [0.5, 0.6) is 0 Å². The molecule has 1 atom stereocenters. The summed E-state index contributed by atoms with van der Waals surface area (Å²) < 4.78 is 0. The van der Waals surface area contributed by atoms with Crippen LogP contribution in [-0.2, 0) is 6.54 Å². The number of rotatable bonds is 7. The van der Waals surface area contributed by atoms with Crippen molar-refractivity contribution in [2.75, 3.05) is 27.7 Å². The number of carbonyl (C=O) groups is 1. The third-order valence-corrected chi connectivity index (χ3v) is 3.75. The fourth-order valence-corrected chi connectivity index (χ4v) is 2.50. The van der Waals surface area contributed by atoms with E-state index in [1.54, 1.807) is 7.05 Å². The van der Waals surface area contributed by atoms with E-state index in [0.717, 1.165) is 18.7 Å². The topological polar surface area (TPSA) is 44.4 Å². The molecule has 4 nitrogen and oxygen atoms in total. The zero-order chi connectivity index (χ0) is 16.7. The Bertz CT molecular complexity index is 608. The minimum absolute atomic E-state index is 0.0562. The van der Waals surface area contributed by atoms with Gasteiger partial charge in [-0.25, -0.2) is 0 Å². The molecule has 4 heteroatoms. The maximum atomic E-state index is 11.6. The summed E-state index contributed by atoms with van der Waals surface area (Å²) in [4.78, 5) is 13.7. The largest absolute Gasteiger partial charge is 0.355 e. The third kappa shape index (κ3) is 5.20. The van der Waals surface area contributed by atoms with Gasteiger partial charge in [0.1, 0.15) is 0 Å². The van der Waals surface area contributed by atoms with Crippen LogP contribution in [-0.4, -0.2) is 38.5 Å². The highest BCUT2D eigenvalue weighted by Gasteiger charge is 2.12. The summed E-state index contributed by atoms with van der Waals surface area (Å²) in [5.74, 6) is -0.0562. The van der Waals surface area contributed by atoms with Crippen molar-refractivity contribution in [2.24, 2.45) is 0 Å². The first-order chi connectivity index (χ1) is 11.1. The second-order valence-corrected chi connectivity index (χ2v) is 5.88. The van der Waals surface area contributed by atoms with E-state index in [-0.39, 0.29) is 11.9 Å². The van der Waals surface area contributed by atoms with E-state index in [0.29, 0.717) is 5.56 Å². The average molecular weight is 311 g/mol. The third-order valence-electron chi connectivity index (χ3n) is 3.75. The highest BCUT2D eigenvalue weighted by molar-refractivity contribution is 5.93. The normalized spacial score (nSPS) is 12.2. The highest BCUT2D eigenvalue weighted by atomic mass is 16.1. The van der Waals surface area contributed by atoms with E-state index < -0.39 is 0 Å². The molecule has 2 rings (SSSR count). The number of amides is 1. The Hall–Kier alpha value is -2.17. The van der Waals surface area contributed by atoms with Gasteiger partial charge in [-0.2, -0.15) is 0 Å². The van der Waals surface area contributed by atoms with Gasteiger partial charge in [0.25, 0.3) is 5.91 Å². The molecule has 0 aromatic heterocycles. The molecule has 1 amide bonds. The van der Waals surface area contributed by atoms with Gasteiger partial charge in [-0.05, 0) is 37.4 Å². The van der Waals surface area contributed by atoms with Crippen LogP contribution in [0.25, 0.3) is 0 Å². The van der Waals surface area contributed by atoms with E-state index in [4.69, 9.17) is 0 Å². The molecule has 0 saturated carbocycles. The van der Waals surface area contributed by atoms with Crippen LogP contribution >= 0.6 is 0 Å². The lowest BCUT2D eigenvalue weighted by atomic mass is 10.1. The summed E-state index contributed by atoms with van der Waals surface area (Å²) >= 11 is 0. The second-order valence-electron chi connectivity index (χ2n) is 5.88. The summed E-state index contributed by atoms with van der Waals surface area (Å²) in [5, 5.41) is 6.24. The van der Waals surface area contributed by atoms with Crippen LogP contribution < -0.4 is 10.6 Å². The predicted molar refractivity (Wildman–Crippen MR) is 94.4 cm³/mol. The number of likely N-dealkylation sites (N-methyl/N-ethyl adjacent to an activating group) is 1. The first-order valence-corrected chi connectivity index (χ1v) is 7.84. The van der Waals surface area contributed by atoms with Crippen LogP contribution in [0.4, 0.5) is 0 Å². The molecular weight excluding hydrogens is 286 g/mol. The van der Waals surface area contributed by atoms with Crippen LogP contribution in [0.15, 0.2) is 54.6 Å². The second kappa shape index (κ2) is 8.46. The Kier molecular flexibility index (Phi) is 6.32. The smallest absolute Gasteiger partial charge is 0.251 e. The fraction of sp³-hybridized carbons (Fsp3) is 0.316. The predicted octanol–water partition coefficient (Wildman–Crippen LogP) is 2.44. The molecule has 122 valence electrons. The maximum absolute atomic E-state index is 11.6. The monoisotopic (exact) mass is 311 g/mol. The molecule has 0 aliphatic rings. The van der Waals surface area contributed by atoms with Crippen molar-refractivity contribution in [1.29, 1.82) is 0 Å². The lowest BCUT2D eigenvalue weighted by Crippen LogP contribution is -2.30. The molecule has 0 radical (unpaired) electrons. The van der Waals surface area contributed by atoms with Crippen LogP contribution in [0.2, 0.25) is 0 Å². The van der Waals surface area contributed by atoms with Gasteiger partial charge >= 0.3 is 0 Å². The van der Waals surface area contributed by atoms with Crippen molar-refractivity contribution in [3.63, 3.8) is 0 Å². The van der Waals surface area contributed by atoms with Gasteiger partial charge < -0.3 is 15.5 Å². The molecule has 0 saturated heterocycles. The molecule has 0 bridgehead atoms. The van der Waals surface area contributed by atoms with Gasteiger partial charge in [-0.15, -0.1) is 0 Å². The van der Waals surface area contributed by atoms with E-state index in [1.807, 2.05) is 30.3 Å². The molecule has 0 spiro atoms. The number of nitrogens with one attached hydrogen (secondary N) is 2. The van der Waals surface area contributed by atoms with Gasteiger partial charge in [-0.3, -0.25) is 4.79 Å². The molecule has 0 aliphatic carbocycles. The molecular formula is C19H25N3O. The minimum Gasteiger partial charge on any atom is -0.355 e. The van der Waals surface area contributed by atoms with Gasteiger partial charge in [-0.1, -0.05) is 42.5 Å². The van der Waals surface area contributed by atoms with Crippen LogP contribution in [0.1, 0.15) is 27.5 Å². The van der Waals surface area contributed by atoms with Crippen molar-refractivity contribution in [2.45, 2.75) is 12.6 Å². The number of hydrogen-bond donors (Lipinski definition) is 2. The Balaban J connectivity index is 2.02. The van der Waals surface area contributed by atoms with Crippen molar-refractivity contribution < 1.29 is 4.79 Å². The number of hydrogen-bond acceptors (Lipinski definition) is 3. The van der Waals surface area contributed by atoms with E-state index in [9.17, 15) is 4.79 Å². The first kappa shape index (κ1) is 17.2. The summed E-state index contributed by atoms with van der Waals surface area (Å²) in [6, 6.07) is 18.4. The summed E-state index contributed by atoms with van der Waals surface area (Å²) in [5.41, 5.74) is 3.13. The van der Waals surface area contributed by atoms with E-state index in [2.05, 4.69) is 53.9 Å². The molecule has 0 heterocycles. The number of carbonyl (C=O) groups excluding carboxylic acids is 1. The molecule has 23 heavy (non-hydrogen) atoms. The van der Waals surface area contributed by atoms with E-state index in [1.165, 1.54) is 5.56 Å². The van der Waals surface area contributed by atoms with Crippen molar-refractivity contribution >= 4 is 5.91 Å². The minimum atomic E-state index is -0.0562. The highest BCUT2D eigenvalue weighted by Crippen LogP contribution is 2.14. The Morgan fingerprint density at radius 1 is 1.04 bits per heavy atom. The molecule has 0 fully saturated rings. The summed E-state index contributed by atoms with van der Waals surface area (Å²) in [7, 11) is 5.80. The quantitative estimate of drug-likeness (QED) is 0.825. The summed E-state index contributed by atoms with van der Waals surface area (Å²) in [6.07, 6.45) is 0. The van der Waals surface area contributed by atoms with Crippen molar-refractivity contribution in [1.82, 2.24) is 15.5 Å². The van der Waals surface area contributed by atoms with Crippen molar-refractivity contribution in [3.05, 3.63) is 71.3 Å². The SMILES string of the molecule is CNC(=O)c1ccc(CNC(CN(C)C)c2ccccc2)cc1. The summed E-state index contributed by atoms with van der Waals surface area (Å²) in [6.45, 7) is 1.70. The zero-order valence-electron chi connectivity index (χ0n) is 14.0. The number of benzene rings is 2. The molecule has 2 aromatic carbocycles. The Morgan fingerprint density at radius 3 is 2.26 bits per heavy atom. The first-order valence-electron chi connectivity index (χ1n) is 7.84. The van der Waals surface area contributed by atoms with Gasteiger partial charge in [0.15, 0.2) is 0 Å². The molecule has 2 aromatic rings. The lowest BCUT2D eigenvalue weighted by Gasteiger charge is -2.23. The average Bonchev–Trinajstić information content (AvgIpc) is 2.59. The van der Waals surface area contributed by atoms with Gasteiger partial charge in [0, 0.05) is 31.7 Å². The molecule has 0 aliphatic heterocycles. The Labute approximate surface area is 138 Å². The lowest BCUT2D eigenvalue weighted by molar-refractivity contribution is 0.0963. The van der Waals surface area contributed by atoms with E-state index >= 15 is 0 Å². The maximum Gasteiger partial charge on any atom is 0.251 e. The van der Waals surface area contributed by atoms with Gasteiger partial charge in [0.05, 0.1) is 0 Å². The standard InChI is InChI=1S/C19H25N3O/c1-20-19(23)17-11-9-15(10-12-17)13-21-18(14-22(2)3)16-7-5-4-6-8-16/h4-12,18,21H,13-14H2,1-3H3,(H,20,23). The number of nitrogens with zero attached hydrogens (tertiary/aromatic N) is 1. The molecule has 1 unspecified atom stereocenters. The fourth-order valence-electron chi connectivity index (χ4n) is 2.50. The van der Waals surface area contributed by atoms with Crippen LogP contribution in [0, 0.1) is 0 Å². The van der Waals surface area contributed by atoms with Crippen molar-refractivity contribution in [3.8, 4) is 0 Å². The zero-order valence-corrected chi connectivity index (χ0v) is 14.0. The molecule has 2 N–H and O–H groups in total. The van der Waals surface area contributed by atoms with Gasteiger partial charge in [0.2, 0.25) is 0 Å². The Morgan fingerprint density at radius 2 is 1.70 bits per heavy atom.